The maximum atomic E-state index is 13.6. The standard InChI is InChI=1S/C19H15FN2O4/c1-24-16-9-7-13(11-15(16)20)8-10-18(23)25-12-17-21-22-19(26-17)14-5-3-2-4-6-14/h2-11H,12H2,1H3/b10-8+. The van der Waals surface area contributed by atoms with Crippen molar-refractivity contribution in [2.45, 2.75) is 6.61 Å². The lowest BCUT2D eigenvalue weighted by atomic mass is 10.2. The largest absolute Gasteiger partial charge is 0.494 e. The van der Waals surface area contributed by atoms with Gasteiger partial charge in [-0.05, 0) is 35.9 Å². The van der Waals surface area contributed by atoms with Gasteiger partial charge in [0.15, 0.2) is 18.2 Å². The third-order valence-electron chi connectivity index (χ3n) is 3.41. The van der Waals surface area contributed by atoms with E-state index in [2.05, 4.69) is 10.2 Å². The molecule has 0 bridgehead atoms. The van der Waals surface area contributed by atoms with E-state index < -0.39 is 11.8 Å². The molecular weight excluding hydrogens is 339 g/mol. The van der Waals surface area contributed by atoms with E-state index in [4.69, 9.17) is 13.9 Å². The molecule has 0 saturated carbocycles. The van der Waals surface area contributed by atoms with Crippen LogP contribution in [0.4, 0.5) is 4.39 Å². The number of hydrogen-bond donors (Lipinski definition) is 0. The van der Waals surface area contributed by atoms with Crippen LogP contribution >= 0.6 is 0 Å². The van der Waals surface area contributed by atoms with Gasteiger partial charge in [-0.3, -0.25) is 0 Å². The van der Waals surface area contributed by atoms with E-state index in [1.165, 1.54) is 31.4 Å². The van der Waals surface area contributed by atoms with Gasteiger partial charge >= 0.3 is 5.97 Å². The molecule has 1 heterocycles. The highest BCUT2D eigenvalue weighted by atomic mass is 19.1. The van der Waals surface area contributed by atoms with Crippen LogP contribution in [0.3, 0.4) is 0 Å². The van der Waals surface area contributed by atoms with E-state index >= 15 is 0 Å². The Bertz CT molecular complexity index is 922. The highest BCUT2D eigenvalue weighted by molar-refractivity contribution is 5.87. The molecule has 6 nitrogen and oxygen atoms in total. The topological polar surface area (TPSA) is 74.5 Å². The smallest absolute Gasteiger partial charge is 0.331 e. The minimum absolute atomic E-state index is 0.135. The molecule has 0 fully saturated rings. The van der Waals surface area contributed by atoms with Gasteiger partial charge in [-0.2, -0.15) is 0 Å². The maximum absolute atomic E-state index is 13.6. The van der Waals surface area contributed by atoms with E-state index in [1.54, 1.807) is 6.07 Å². The molecule has 0 amide bonds. The molecule has 0 unspecified atom stereocenters. The first-order chi connectivity index (χ1) is 12.7. The molecule has 0 aliphatic rings. The van der Waals surface area contributed by atoms with Crippen molar-refractivity contribution in [1.29, 1.82) is 0 Å². The van der Waals surface area contributed by atoms with Crippen molar-refractivity contribution in [3.05, 3.63) is 71.9 Å². The monoisotopic (exact) mass is 354 g/mol. The number of carbonyl (C=O) groups is 1. The Hall–Kier alpha value is -3.48. The van der Waals surface area contributed by atoms with Crippen LogP contribution < -0.4 is 4.74 Å². The van der Waals surface area contributed by atoms with Crippen molar-refractivity contribution in [3.63, 3.8) is 0 Å². The Kier molecular flexibility index (Phi) is 5.38. The van der Waals surface area contributed by atoms with Crippen LogP contribution in [0.5, 0.6) is 5.75 Å². The van der Waals surface area contributed by atoms with Crippen LogP contribution in [0.25, 0.3) is 17.5 Å². The van der Waals surface area contributed by atoms with E-state index in [9.17, 15) is 9.18 Å². The van der Waals surface area contributed by atoms with Crippen molar-refractivity contribution < 1.29 is 23.1 Å². The molecule has 2 aromatic carbocycles. The number of carbonyl (C=O) groups excluding carboxylic acids is 1. The van der Waals surface area contributed by atoms with Gasteiger partial charge in [-0.15, -0.1) is 10.2 Å². The number of nitrogens with zero attached hydrogens (tertiary/aromatic N) is 2. The van der Waals surface area contributed by atoms with Crippen LogP contribution in [-0.4, -0.2) is 23.3 Å². The number of halogens is 1. The second-order valence-corrected chi connectivity index (χ2v) is 5.20. The number of esters is 1. The second kappa shape index (κ2) is 8.06. The second-order valence-electron chi connectivity index (χ2n) is 5.20. The molecule has 0 spiro atoms. The van der Waals surface area contributed by atoms with E-state index in [1.807, 2.05) is 30.3 Å². The summed E-state index contributed by atoms with van der Waals surface area (Å²) in [5, 5.41) is 7.74. The van der Waals surface area contributed by atoms with Gasteiger partial charge in [0.05, 0.1) is 7.11 Å². The van der Waals surface area contributed by atoms with Crippen LogP contribution in [0.1, 0.15) is 11.5 Å². The predicted molar refractivity (Wildman–Crippen MR) is 91.5 cm³/mol. The molecule has 0 aliphatic heterocycles. The number of benzene rings is 2. The Morgan fingerprint density at radius 1 is 1.19 bits per heavy atom. The quantitative estimate of drug-likeness (QED) is 0.497. The van der Waals surface area contributed by atoms with E-state index in [-0.39, 0.29) is 18.2 Å². The summed E-state index contributed by atoms with van der Waals surface area (Å²) in [5.41, 5.74) is 1.28. The summed E-state index contributed by atoms with van der Waals surface area (Å²) in [6, 6.07) is 13.6. The highest BCUT2D eigenvalue weighted by Gasteiger charge is 2.09. The first kappa shape index (κ1) is 17.3. The van der Waals surface area contributed by atoms with Crippen LogP contribution in [0, 0.1) is 5.82 Å². The number of rotatable bonds is 6. The fourth-order valence-electron chi connectivity index (χ4n) is 2.14. The summed E-state index contributed by atoms with van der Waals surface area (Å²) in [6.45, 7) is -0.153. The molecule has 0 atom stereocenters. The Labute approximate surface area is 148 Å². The average molecular weight is 354 g/mol. The Morgan fingerprint density at radius 3 is 2.73 bits per heavy atom. The number of aromatic nitrogens is 2. The van der Waals surface area contributed by atoms with Gasteiger partial charge in [0.1, 0.15) is 0 Å². The van der Waals surface area contributed by atoms with E-state index in [0.717, 1.165) is 5.56 Å². The molecular formula is C19H15FN2O4. The van der Waals surface area contributed by atoms with Gasteiger partial charge in [0, 0.05) is 11.6 Å². The molecule has 132 valence electrons. The zero-order valence-electron chi connectivity index (χ0n) is 13.9. The summed E-state index contributed by atoms with van der Waals surface area (Å²) >= 11 is 0. The van der Waals surface area contributed by atoms with Crippen LogP contribution in [0.2, 0.25) is 0 Å². The molecule has 0 saturated heterocycles. The Morgan fingerprint density at radius 2 is 2.00 bits per heavy atom. The molecule has 3 aromatic rings. The highest BCUT2D eigenvalue weighted by Crippen LogP contribution is 2.19. The average Bonchev–Trinajstić information content (AvgIpc) is 3.14. The zero-order chi connectivity index (χ0) is 18.4. The van der Waals surface area contributed by atoms with Gasteiger partial charge in [0.25, 0.3) is 5.89 Å². The normalized spacial score (nSPS) is 10.8. The summed E-state index contributed by atoms with van der Waals surface area (Å²) in [5.74, 6) is -0.458. The summed E-state index contributed by atoms with van der Waals surface area (Å²) in [7, 11) is 1.38. The van der Waals surface area contributed by atoms with Crippen molar-refractivity contribution in [2.24, 2.45) is 0 Å². The minimum Gasteiger partial charge on any atom is -0.494 e. The van der Waals surface area contributed by atoms with Crippen molar-refractivity contribution in [2.75, 3.05) is 7.11 Å². The molecule has 3 rings (SSSR count). The van der Waals surface area contributed by atoms with E-state index in [0.29, 0.717) is 11.5 Å². The van der Waals surface area contributed by atoms with Gasteiger partial charge in [-0.1, -0.05) is 24.3 Å². The number of hydrogen-bond acceptors (Lipinski definition) is 6. The zero-order valence-corrected chi connectivity index (χ0v) is 13.9. The number of ether oxygens (including phenoxy) is 2. The molecule has 0 aliphatic carbocycles. The Balaban J connectivity index is 1.56. The lowest BCUT2D eigenvalue weighted by Gasteiger charge is -2.02. The predicted octanol–water partition coefficient (Wildman–Crippen LogP) is 3.64. The third kappa shape index (κ3) is 4.32. The molecule has 0 N–H and O–H groups in total. The van der Waals surface area contributed by atoms with Crippen molar-refractivity contribution in [1.82, 2.24) is 10.2 Å². The van der Waals surface area contributed by atoms with Crippen molar-refractivity contribution >= 4 is 12.0 Å². The summed E-state index contributed by atoms with van der Waals surface area (Å²) in [4.78, 5) is 11.8. The molecule has 7 heteroatoms. The van der Waals surface area contributed by atoms with Crippen molar-refractivity contribution in [3.8, 4) is 17.2 Å². The first-order valence-corrected chi connectivity index (χ1v) is 7.72. The fraction of sp³-hybridized carbons (Fsp3) is 0.105. The third-order valence-corrected chi connectivity index (χ3v) is 3.41. The summed E-state index contributed by atoms with van der Waals surface area (Å²) < 4.78 is 28.9. The SMILES string of the molecule is COc1ccc(/C=C/C(=O)OCc2nnc(-c3ccccc3)o2)cc1F. The lowest BCUT2D eigenvalue weighted by molar-refractivity contribution is -0.139. The number of methoxy groups -OCH3 is 1. The molecule has 1 aromatic heterocycles. The first-order valence-electron chi connectivity index (χ1n) is 7.72. The van der Waals surface area contributed by atoms with Gasteiger partial charge in [0.2, 0.25) is 5.89 Å². The van der Waals surface area contributed by atoms with Gasteiger partial charge in [-0.25, -0.2) is 9.18 Å². The minimum atomic E-state index is -0.610. The van der Waals surface area contributed by atoms with Crippen LogP contribution in [-0.2, 0) is 16.1 Å². The lowest BCUT2D eigenvalue weighted by Crippen LogP contribution is -2.01. The molecule has 26 heavy (non-hydrogen) atoms. The molecule has 0 radical (unpaired) electrons. The maximum Gasteiger partial charge on any atom is 0.331 e. The van der Waals surface area contributed by atoms with Gasteiger partial charge < -0.3 is 13.9 Å². The summed E-state index contributed by atoms with van der Waals surface area (Å²) in [6.07, 6.45) is 2.63. The fourth-order valence-corrected chi connectivity index (χ4v) is 2.14. The van der Waals surface area contributed by atoms with Crippen LogP contribution in [0.15, 0.2) is 59.0 Å².